The van der Waals surface area contributed by atoms with E-state index in [1.54, 1.807) is 7.05 Å². The third kappa shape index (κ3) is 3.54. The van der Waals surface area contributed by atoms with Crippen LogP contribution in [0.4, 0.5) is 0 Å². The first kappa shape index (κ1) is 15.2. The second kappa shape index (κ2) is 6.57. The van der Waals surface area contributed by atoms with Crippen molar-refractivity contribution in [3.05, 3.63) is 36.2 Å². The summed E-state index contributed by atoms with van der Waals surface area (Å²) in [4.78, 5) is 29.4. The van der Waals surface area contributed by atoms with Gasteiger partial charge in [0.2, 0.25) is 11.8 Å². The molecule has 1 saturated heterocycles. The van der Waals surface area contributed by atoms with Crippen LogP contribution in [-0.2, 0) is 16.1 Å². The van der Waals surface area contributed by atoms with Gasteiger partial charge in [0.1, 0.15) is 6.04 Å². The number of nitrogens with zero attached hydrogens (tertiary/aromatic N) is 3. The van der Waals surface area contributed by atoms with Crippen LogP contribution in [-0.4, -0.2) is 53.0 Å². The standard InChI is InChI=1S/C15H17N5O3/c1-20(15(22)11-7-16-8-13(21)17-11)9-12-18-14(23-19-12)10-5-3-2-4-6-10/h2-6,11,16H,7-9H2,1H3,(H,17,21)/t11-/m0/s1. The van der Waals surface area contributed by atoms with E-state index in [1.165, 1.54) is 4.90 Å². The number of likely N-dealkylation sites (N-methyl/N-ethyl adjacent to an activating group) is 1. The molecule has 1 fully saturated rings. The zero-order valence-corrected chi connectivity index (χ0v) is 12.7. The first-order valence-corrected chi connectivity index (χ1v) is 7.26. The number of benzene rings is 1. The fourth-order valence-electron chi connectivity index (χ4n) is 2.35. The summed E-state index contributed by atoms with van der Waals surface area (Å²) in [6.07, 6.45) is 0. The van der Waals surface area contributed by atoms with Gasteiger partial charge in [-0.05, 0) is 12.1 Å². The number of aromatic nitrogens is 2. The minimum Gasteiger partial charge on any atom is -0.342 e. The molecule has 0 radical (unpaired) electrons. The summed E-state index contributed by atoms with van der Waals surface area (Å²) in [5.74, 6) is 0.439. The largest absolute Gasteiger partial charge is 0.342 e. The maximum Gasteiger partial charge on any atom is 0.257 e. The topological polar surface area (TPSA) is 100 Å². The van der Waals surface area contributed by atoms with Gasteiger partial charge in [0.15, 0.2) is 5.82 Å². The highest BCUT2D eigenvalue weighted by Crippen LogP contribution is 2.16. The Hall–Kier alpha value is -2.74. The minimum absolute atomic E-state index is 0.186. The molecule has 0 spiro atoms. The molecule has 0 aliphatic carbocycles. The van der Waals surface area contributed by atoms with E-state index < -0.39 is 6.04 Å². The van der Waals surface area contributed by atoms with Gasteiger partial charge < -0.3 is 20.1 Å². The molecule has 23 heavy (non-hydrogen) atoms. The second-order valence-electron chi connectivity index (χ2n) is 5.33. The molecule has 1 aromatic heterocycles. The zero-order chi connectivity index (χ0) is 16.2. The molecule has 0 unspecified atom stereocenters. The SMILES string of the molecule is CN(Cc1noc(-c2ccccc2)n1)C(=O)[C@@H]1CNCC(=O)N1. The van der Waals surface area contributed by atoms with Crippen molar-refractivity contribution < 1.29 is 14.1 Å². The van der Waals surface area contributed by atoms with E-state index in [2.05, 4.69) is 20.8 Å². The lowest BCUT2D eigenvalue weighted by Crippen LogP contribution is -2.58. The van der Waals surface area contributed by atoms with Gasteiger partial charge in [-0.3, -0.25) is 9.59 Å². The molecule has 1 aliphatic rings. The predicted octanol–water partition coefficient (Wildman–Crippen LogP) is -0.217. The second-order valence-corrected chi connectivity index (χ2v) is 5.33. The van der Waals surface area contributed by atoms with Gasteiger partial charge in [0.25, 0.3) is 5.89 Å². The van der Waals surface area contributed by atoms with Crippen molar-refractivity contribution in [3.63, 3.8) is 0 Å². The van der Waals surface area contributed by atoms with Crippen LogP contribution in [0.15, 0.2) is 34.9 Å². The number of hydrogen-bond acceptors (Lipinski definition) is 6. The zero-order valence-electron chi connectivity index (χ0n) is 12.7. The molecule has 1 aromatic carbocycles. The van der Waals surface area contributed by atoms with Crippen molar-refractivity contribution in [2.45, 2.75) is 12.6 Å². The van der Waals surface area contributed by atoms with Crippen molar-refractivity contribution in [1.82, 2.24) is 25.7 Å². The molecule has 0 bridgehead atoms. The van der Waals surface area contributed by atoms with Crippen LogP contribution < -0.4 is 10.6 Å². The molecule has 1 aliphatic heterocycles. The first-order valence-electron chi connectivity index (χ1n) is 7.26. The van der Waals surface area contributed by atoms with Gasteiger partial charge >= 0.3 is 0 Å². The Labute approximate surface area is 132 Å². The van der Waals surface area contributed by atoms with Gasteiger partial charge in [0.05, 0.1) is 13.1 Å². The minimum atomic E-state index is -0.568. The van der Waals surface area contributed by atoms with Gasteiger partial charge in [-0.1, -0.05) is 23.4 Å². The van der Waals surface area contributed by atoms with Crippen molar-refractivity contribution in [2.24, 2.45) is 0 Å². The van der Waals surface area contributed by atoms with Crippen LogP contribution in [0.2, 0.25) is 0 Å². The third-order valence-corrected chi connectivity index (χ3v) is 3.51. The van der Waals surface area contributed by atoms with E-state index in [9.17, 15) is 9.59 Å². The molecule has 2 amide bonds. The van der Waals surface area contributed by atoms with Gasteiger partial charge in [-0.15, -0.1) is 0 Å². The Bertz CT molecular complexity index is 700. The highest BCUT2D eigenvalue weighted by Gasteiger charge is 2.27. The Balaban J connectivity index is 1.64. The average Bonchev–Trinajstić information content (AvgIpc) is 3.03. The molecular formula is C15H17N5O3. The fraction of sp³-hybridized carbons (Fsp3) is 0.333. The van der Waals surface area contributed by atoms with Crippen LogP contribution in [0, 0.1) is 0 Å². The Kier molecular flexibility index (Phi) is 4.33. The number of carbonyl (C=O) groups is 2. The number of rotatable bonds is 4. The number of piperazine rings is 1. The molecule has 1 atom stereocenters. The van der Waals surface area contributed by atoms with E-state index in [-0.39, 0.29) is 24.9 Å². The van der Waals surface area contributed by atoms with E-state index >= 15 is 0 Å². The van der Waals surface area contributed by atoms with Gasteiger partial charge in [-0.2, -0.15) is 4.98 Å². The van der Waals surface area contributed by atoms with Crippen molar-refractivity contribution in [1.29, 1.82) is 0 Å². The van der Waals surface area contributed by atoms with Gasteiger partial charge in [-0.25, -0.2) is 0 Å². The summed E-state index contributed by atoms with van der Waals surface area (Å²) in [5, 5.41) is 9.45. The summed E-state index contributed by atoms with van der Waals surface area (Å²) in [6.45, 7) is 0.858. The summed E-state index contributed by atoms with van der Waals surface area (Å²) >= 11 is 0. The van der Waals surface area contributed by atoms with Crippen LogP contribution in [0.5, 0.6) is 0 Å². The molecular weight excluding hydrogens is 298 g/mol. The van der Waals surface area contributed by atoms with Crippen molar-refractivity contribution in [2.75, 3.05) is 20.1 Å². The summed E-state index contributed by atoms with van der Waals surface area (Å²) in [6, 6.07) is 8.84. The maximum atomic E-state index is 12.3. The molecule has 8 nitrogen and oxygen atoms in total. The van der Waals surface area contributed by atoms with E-state index in [0.29, 0.717) is 18.3 Å². The molecule has 3 rings (SSSR count). The fourth-order valence-corrected chi connectivity index (χ4v) is 2.35. The molecule has 2 heterocycles. The predicted molar refractivity (Wildman–Crippen MR) is 81.0 cm³/mol. The third-order valence-electron chi connectivity index (χ3n) is 3.51. The van der Waals surface area contributed by atoms with Gasteiger partial charge in [0, 0.05) is 19.2 Å². The highest BCUT2D eigenvalue weighted by molar-refractivity contribution is 5.89. The molecule has 120 valence electrons. The van der Waals surface area contributed by atoms with E-state index in [1.807, 2.05) is 30.3 Å². The maximum absolute atomic E-state index is 12.3. The summed E-state index contributed by atoms with van der Waals surface area (Å²) in [5.41, 5.74) is 0.823. The number of hydrogen-bond donors (Lipinski definition) is 2. The van der Waals surface area contributed by atoms with Crippen LogP contribution >= 0.6 is 0 Å². The van der Waals surface area contributed by atoms with E-state index in [4.69, 9.17) is 4.52 Å². The monoisotopic (exact) mass is 315 g/mol. The van der Waals surface area contributed by atoms with E-state index in [0.717, 1.165) is 5.56 Å². The molecule has 2 N–H and O–H groups in total. The summed E-state index contributed by atoms with van der Waals surface area (Å²) in [7, 11) is 1.64. The Morgan fingerprint density at radius 3 is 2.91 bits per heavy atom. The number of nitrogens with one attached hydrogen (secondary N) is 2. The lowest BCUT2D eigenvalue weighted by atomic mass is 10.2. The first-order chi connectivity index (χ1) is 11.1. The molecule has 0 saturated carbocycles. The highest BCUT2D eigenvalue weighted by atomic mass is 16.5. The Morgan fingerprint density at radius 2 is 2.17 bits per heavy atom. The molecule has 2 aromatic rings. The van der Waals surface area contributed by atoms with Crippen molar-refractivity contribution in [3.8, 4) is 11.5 Å². The van der Waals surface area contributed by atoms with Crippen molar-refractivity contribution >= 4 is 11.8 Å². The quantitative estimate of drug-likeness (QED) is 0.809. The lowest BCUT2D eigenvalue weighted by molar-refractivity contribution is -0.136. The number of carbonyl (C=O) groups excluding carboxylic acids is 2. The normalized spacial score (nSPS) is 17.6. The number of amides is 2. The lowest BCUT2D eigenvalue weighted by Gasteiger charge is -2.27. The van der Waals surface area contributed by atoms with Crippen LogP contribution in [0.1, 0.15) is 5.82 Å². The smallest absolute Gasteiger partial charge is 0.257 e. The average molecular weight is 315 g/mol. The van der Waals surface area contributed by atoms with Crippen LogP contribution in [0.25, 0.3) is 11.5 Å². The molecule has 8 heteroatoms. The summed E-state index contributed by atoms with van der Waals surface area (Å²) < 4.78 is 5.21. The Morgan fingerprint density at radius 1 is 1.39 bits per heavy atom. The van der Waals surface area contributed by atoms with Crippen LogP contribution in [0.3, 0.4) is 0 Å².